The molecule has 1 aromatic rings. The number of hydrogen-bond acceptors (Lipinski definition) is 3. The van der Waals surface area contributed by atoms with Gasteiger partial charge in [0.2, 0.25) is 0 Å². The Balaban J connectivity index is 1.94. The van der Waals surface area contributed by atoms with Crippen molar-refractivity contribution in [3.8, 4) is 0 Å². The number of nitrogens with one attached hydrogen (secondary N) is 2. The highest BCUT2D eigenvalue weighted by atomic mass is 16.4. The van der Waals surface area contributed by atoms with E-state index in [9.17, 15) is 9.59 Å². The number of carbonyl (C=O) groups is 2. The van der Waals surface area contributed by atoms with Crippen LogP contribution >= 0.6 is 0 Å². The predicted octanol–water partition coefficient (Wildman–Crippen LogP) is 1.78. The van der Waals surface area contributed by atoms with Gasteiger partial charge in [-0.15, -0.1) is 0 Å². The average molecular weight is 277 g/mol. The molecule has 5 N–H and O–H groups in total. The molecule has 0 saturated heterocycles. The standard InChI is InChI=1S/C14H19N3O3/c15-11-6-1-2-7-12(11)17-14(20)16-10-5-3-4-9(8-10)13(18)19/h3-5,8,11-12H,1-2,6-7,15H2,(H,18,19)(H2,16,17,20). The highest BCUT2D eigenvalue weighted by Gasteiger charge is 2.23. The lowest BCUT2D eigenvalue weighted by molar-refractivity contribution is 0.0697. The molecule has 1 aromatic carbocycles. The Bertz CT molecular complexity index is 504. The van der Waals surface area contributed by atoms with Crippen molar-refractivity contribution in [3.05, 3.63) is 29.8 Å². The smallest absolute Gasteiger partial charge is 0.335 e. The lowest BCUT2D eigenvalue weighted by atomic mass is 9.91. The molecule has 0 spiro atoms. The summed E-state index contributed by atoms with van der Waals surface area (Å²) in [5.41, 5.74) is 6.55. The minimum atomic E-state index is -1.02. The van der Waals surface area contributed by atoms with E-state index in [1.54, 1.807) is 12.1 Å². The molecule has 108 valence electrons. The van der Waals surface area contributed by atoms with Gasteiger partial charge in [-0.25, -0.2) is 9.59 Å². The average Bonchev–Trinajstić information content (AvgIpc) is 2.41. The number of nitrogens with two attached hydrogens (primary N) is 1. The molecule has 2 amide bonds. The Kier molecular flexibility index (Phi) is 4.57. The number of benzene rings is 1. The molecule has 6 heteroatoms. The van der Waals surface area contributed by atoms with Crippen molar-refractivity contribution in [1.82, 2.24) is 5.32 Å². The maximum atomic E-state index is 11.9. The van der Waals surface area contributed by atoms with E-state index in [4.69, 9.17) is 10.8 Å². The Morgan fingerprint density at radius 1 is 1.25 bits per heavy atom. The predicted molar refractivity (Wildman–Crippen MR) is 75.8 cm³/mol. The van der Waals surface area contributed by atoms with Crippen LogP contribution in [0.2, 0.25) is 0 Å². The van der Waals surface area contributed by atoms with E-state index in [1.807, 2.05) is 0 Å². The molecule has 1 fully saturated rings. The first-order valence-corrected chi connectivity index (χ1v) is 6.73. The van der Waals surface area contributed by atoms with Gasteiger partial charge in [-0.3, -0.25) is 0 Å². The van der Waals surface area contributed by atoms with Crippen LogP contribution < -0.4 is 16.4 Å². The lowest BCUT2D eigenvalue weighted by Gasteiger charge is -2.29. The van der Waals surface area contributed by atoms with Crippen molar-refractivity contribution in [2.24, 2.45) is 5.73 Å². The second-order valence-electron chi connectivity index (χ2n) is 5.04. The van der Waals surface area contributed by atoms with Gasteiger partial charge < -0.3 is 21.5 Å². The Morgan fingerprint density at radius 2 is 2.00 bits per heavy atom. The van der Waals surface area contributed by atoms with Crippen LogP contribution in [0.4, 0.5) is 10.5 Å². The molecule has 0 aromatic heterocycles. The molecule has 1 saturated carbocycles. The maximum absolute atomic E-state index is 11.9. The quantitative estimate of drug-likeness (QED) is 0.676. The Labute approximate surface area is 117 Å². The summed E-state index contributed by atoms with van der Waals surface area (Å²) in [7, 11) is 0. The van der Waals surface area contributed by atoms with E-state index >= 15 is 0 Å². The van der Waals surface area contributed by atoms with Crippen molar-refractivity contribution in [2.75, 3.05) is 5.32 Å². The summed E-state index contributed by atoms with van der Waals surface area (Å²) in [6, 6.07) is 5.74. The van der Waals surface area contributed by atoms with Gasteiger partial charge in [0, 0.05) is 17.8 Å². The molecule has 20 heavy (non-hydrogen) atoms. The molecule has 2 atom stereocenters. The minimum absolute atomic E-state index is 0.0140. The third kappa shape index (κ3) is 3.71. The topological polar surface area (TPSA) is 104 Å². The summed E-state index contributed by atoms with van der Waals surface area (Å²) in [6.07, 6.45) is 3.96. The van der Waals surface area contributed by atoms with Crippen molar-refractivity contribution >= 4 is 17.7 Å². The molecule has 0 bridgehead atoms. The summed E-state index contributed by atoms with van der Waals surface area (Å²) in [5.74, 6) is -1.02. The van der Waals surface area contributed by atoms with Gasteiger partial charge in [-0.1, -0.05) is 18.9 Å². The highest BCUT2D eigenvalue weighted by molar-refractivity contribution is 5.93. The number of carboxylic acids is 1. The van der Waals surface area contributed by atoms with Crippen molar-refractivity contribution in [2.45, 2.75) is 37.8 Å². The summed E-state index contributed by atoms with van der Waals surface area (Å²) in [6.45, 7) is 0. The van der Waals surface area contributed by atoms with Gasteiger partial charge in [0.1, 0.15) is 0 Å². The monoisotopic (exact) mass is 277 g/mol. The van der Waals surface area contributed by atoms with Crippen molar-refractivity contribution < 1.29 is 14.7 Å². The van der Waals surface area contributed by atoms with Crippen molar-refractivity contribution in [1.29, 1.82) is 0 Å². The fourth-order valence-electron chi connectivity index (χ4n) is 2.40. The lowest BCUT2D eigenvalue weighted by Crippen LogP contribution is -2.50. The number of carboxylic acid groups (broad SMARTS) is 1. The largest absolute Gasteiger partial charge is 0.478 e. The molecule has 0 radical (unpaired) electrons. The van der Waals surface area contributed by atoms with Gasteiger partial charge >= 0.3 is 12.0 Å². The first-order valence-electron chi connectivity index (χ1n) is 6.73. The molecular formula is C14H19N3O3. The maximum Gasteiger partial charge on any atom is 0.335 e. The van der Waals surface area contributed by atoms with Crippen LogP contribution in [-0.2, 0) is 0 Å². The van der Waals surface area contributed by atoms with Crippen LogP contribution in [0, 0.1) is 0 Å². The van der Waals surface area contributed by atoms with Gasteiger partial charge in [0.05, 0.1) is 5.56 Å². The molecule has 0 heterocycles. The molecule has 2 unspecified atom stereocenters. The first kappa shape index (κ1) is 14.3. The fraction of sp³-hybridized carbons (Fsp3) is 0.429. The number of urea groups is 1. The number of carbonyl (C=O) groups excluding carboxylic acids is 1. The summed E-state index contributed by atoms with van der Waals surface area (Å²) in [4.78, 5) is 22.7. The molecule has 2 rings (SSSR count). The zero-order valence-electron chi connectivity index (χ0n) is 11.1. The van der Waals surface area contributed by atoms with Crippen LogP contribution in [0.25, 0.3) is 0 Å². The van der Waals surface area contributed by atoms with Crippen LogP contribution in [-0.4, -0.2) is 29.2 Å². The third-order valence-electron chi connectivity index (χ3n) is 3.50. The van der Waals surface area contributed by atoms with E-state index in [1.165, 1.54) is 12.1 Å². The third-order valence-corrected chi connectivity index (χ3v) is 3.50. The van der Waals surface area contributed by atoms with Gasteiger partial charge in [-0.05, 0) is 31.0 Å². The van der Waals surface area contributed by atoms with Crippen LogP contribution in [0.3, 0.4) is 0 Å². The number of rotatable bonds is 3. The number of hydrogen-bond donors (Lipinski definition) is 4. The molecule has 1 aliphatic carbocycles. The van der Waals surface area contributed by atoms with E-state index in [2.05, 4.69) is 10.6 Å². The highest BCUT2D eigenvalue weighted by Crippen LogP contribution is 2.17. The van der Waals surface area contributed by atoms with E-state index in [0.717, 1.165) is 25.7 Å². The molecule has 1 aliphatic rings. The number of anilines is 1. The Hall–Kier alpha value is -2.08. The summed E-state index contributed by atoms with van der Waals surface area (Å²) >= 11 is 0. The first-order chi connectivity index (χ1) is 9.56. The summed E-state index contributed by atoms with van der Waals surface area (Å²) < 4.78 is 0. The normalized spacial score (nSPS) is 22.1. The molecular weight excluding hydrogens is 258 g/mol. The number of amides is 2. The van der Waals surface area contributed by atoms with Crippen LogP contribution in [0.1, 0.15) is 36.0 Å². The number of aromatic carboxylic acids is 1. The Morgan fingerprint density at radius 3 is 2.70 bits per heavy atom. The zero-order chi connectivity index (χ0) is 14.5. The van der Waals surface area contributed by atoms with Crippen molar-refractivity contribution in [3.63, 3.8) is 0 Å². The molecule has 6 nitrogen and oxygen atoms in total. The zero-order valence-corrected chi connectivity index (χ0v) is 11.1. The van der Waals surface area contributed by atoms with Crippen LogP contribution in [0.15, 0.2) is 24.3 Å². The van der Waals surface area contributed by atoms with E-state index < -0.39 is 5.97 Å². The second-order valence-corrected chi connectivity index (χ2v) is 5.04. The second kappa shape index (κ2) is 6.38. The van der Waals surface area contributed by atoms with Gasteiger partial charge in [-0.2, -0.15) is 0 Å². The molecule has 0 aliphatic heterocycles. The van der Waals surface area contributed by atoms with E-state index in [0.29, 0.717) is 5.69 Å². The fourth-order valence-corrected chi connectivity index (χ4v) is 2.40. The summed E-state index contributed by atoms with van der Waals surface area (Å²) in [5, 5.41) is 14.4. The van der Waals surface area contributed by atoms with Gasteiger partial charge in [0.15, 0.2) is 0 Å². The van der Waals surface area contributed by atoms with Gasteiger partial charge in [0.25, 0.3) is 0 Å². The van der Waals surface area contributed by atoms with E-state index in [-0.39, 0.29) is 23.7 Å². The minimum Gasteiger partial charge on any atom is -0.478 e. The van der Waals surface area contributed by atoms with Crippen LogP contribution in [0.5, 0.6) is 0 Å². The SMILES string of the molecule is NC1CCCCC1NC(=O)Nc1cccc(C(=O)O)c1.